The second-order valence-electron chi connectivity index (χ2n) is 2.30. The summed E-state index contributed by atoms with van der Waals surface area (Å²) in [6.07, 6.45) is 4.17. The Morgan fingerprint density at radius 1 is 1.42 bits per heavy atom. The lowest BCUT2D eigenvalue weighted by Gasteiger charge is -2.04. The highest BCUT2D eigenvalue weighted by Crippen LogP contribution is 1.95. The molecule has 0 unspecified atom stereocenters. The fraction of sp³-hybridized carbons (Fsp3) is 0.667. The van der Waals surface area contributed by atoms with Crippen molar-refractivity contribution in [3.8, 4) is 0 Å². The SMILES string of the molecule is CC/C=C(\C=O)OCOCCC. The highest BCUT2D eigenvalue weighted by molar-refractivity contribution is 5.69. The number of carbonyl (C=O) groups excluding carboxylic acids is 1. The predicted molar refractivity (Wildman–Crippen MR) is 46.6 cm³/mol. The van der Waals surface area contributed by atoms with Gasteiger partial charge in [-0.25, -0.2) is 0 Å². The fourth-order valence-corrected chi connectivity index (χ4v) is 0.655. The van der Waals surface area contributed by atoms with E-state index in [1.54, 1.807) is 6.08 Å². The molecule has 0 aliphatic heterocycles. The molecule has 0 aromatic rings. The van der Waals surface area contributed by atoms with Crippen LogP contribution in [0.4, 0.5) is 0 Å². The molecule has 0 aromatic carbocycles. The van der Waals surface area contributed by atoms with Gasteiger partial charge in [-0.3, -0.25) is 4.79 Å². The number of hydrogen-bond acceptors (Lipinski definition) is 3. The van der Waals surface area contributed by atoms with E-state index >= 15 is 0 Å². The van der Waals surface area contributed by atoms with E-state index in [0.717, 1.165) is 12.8 Å². The number of carbonyl (C=O) groups is 1. The number of rotatable bonds is 7. The van der Waals surface area contributed by atoms with E-state index in [1.165, 1.54) is 0 Å². The van der Waals surface area contributed by atoms with E-state index in [1.807, 2.05) is 13.8 Å². The Labute approximate surface area is 73.4 Å². The van der Waals surface area contributed by atoms with Crippen LogP contribution in [0.15, 0.2) is 11.8 Å². The minimum atomic E-state index is 0.165. The van der Waals surface area contributed by atoms with Crippen molar-refractivity contribution in [2.45, 2.75) is 26.7 Å². The van der Waals surface area contributed by atoms with Crippen molar-refractivity contribution >= 4 is 6.29 Å². The van der Waals surface area contributed by atoms with Crippen molar-refractivity contribution < 1.29 is 14.3 Å². The van der Waals surface area contributed by atoms with Crippen molar-refractivity contribution in [3.05, 3.63) is 11.8 Å². The van der Waals surface area contributed by atoms with Gasteiger partial charge in [0.1, 0.15) is 0 Å². The molecule has 0 radical (unpaired) electrons. The van der Waals surface area contributed by atoms with Crippen molar-refractivity contribution in [2.24, 2.45) is 0 Å². The average Bonchev–Trinajstić information content (AvgIpc) is 2.10. The summed E-state index contributed by atoms with van der Waals surface area (Å²) in [5, 5.41) is 0. The Kier molecular flexibility index (Phi) is 7.70. The van der Waals surface area contributed by atoms with E-state index in [0.29, 0.717) is 18.7 Å². The van der Waals surface area contributed by atoms with Crippen molar-refractivity contribution in [3.63, 3.8) is 0 Å². The first kappa shape index (κ1) is 11.2. The van der Waals surface area contributed by atoms with Crippen LogP contribution in [0.1, 0.15) is 26.7 Å². The number of ether oxygens (including phenoxy) is 2. The van der Waals surface area contributed by atoms with Gasteiger partial charge in [-0.15, -0.1) is 0 Å². The smallest absolute Gasteiger partial charge is 0.189 e. The maximum atomic E-state index is 10.3. The highest BCUT2D eigenvalue weighted by atomic mass is 16.7. The van der Waals surface area contributed by atoms with Crippen LogP contribution in [0.2, 0.25) is 0 Å². The van der Waals surface area contributed by atoms with Gasteiger partial charge in [0, 0.05) is 0 Å². The first-order valence-corrected chi connectivity index (χ1v) is 4.21. The molecule has 70 valence electrons. The number of aldehydes is 1. The summed E-state index contributed by atoms with van der Waals surface area (Å²) in [6.45, 7) is 4.79. The quantitative estimate of drug-likeness (QED) is 0.193. The van der Waals surface area contributed by atoms with Crippen LogP contribution in [0, 0.1) is 0 Å². The molecule has 3 nitrogen and oxygen atoms in total. The van der Waals surface area contributed by atoms with Crippen LogP contribution in [-0.4, -0.2) is 19.7 Å². The van der Waals surface area contributed by atoms with E-state index in [2.05, 4.69) is 0 Å². The molecule has 0 amide bonds. The molecule has 0 saturated carbocycles. The monoisotopic (exact) mass is 172 g/mol. The first-order valence-electron chi connectivity index (χ1n) is 4.21. The normalized spacial score (nSPS) is 11.3. The molecule has 0 fully saturated rings. The van der Waals surface area contributed by atoms with Crippen molar-refractivity contribution in [1.29, 1.82) is 0 Å². The summed E-state index contributed by atoms with van der Waals surface area (Å²) in [7, 11) is 0. The van der Waals surface area contributed by atoms with Crippen LogP contribution in [0.25, 0.3) is 0 Å². The van der Waals surface area contributed by atoms with Gasteiger partial charge in [0.2, 0.25) is 0 Å². The summed E-state index contributed by atoms with van der Waals surface area (Å²) in [5.74, 6) is 0.355. The molecule has 0 spiro atoms. The number of allylic oxidation sites excluding steroid dienone is 2. The van der Waals surface area contributed by atoms with Crippen LogP contribution in [0.3, 0.4) is 0 Å². The third-order valence-electron chi connectivity index (χ3n) is 1.18. The van der Waals surface area contributed by atoms with E-state index in [-0.39, 0.29) is 6.79 Å². The van der Waals surface area contributed by atoms with Gasteiger partial charge in [-0.2, -0.15) is 0 Å². The lowest BCUT2D eigenvalue weighted by atomic mass is 10.4. The Hall–Kier alpha value is -0.830. The highest BCUT2D eigenvalue weighted by Gasteiger charge is 1.93. The zero-order chi connectivity index (χ0) is 9.23. The van der Waals surface area contributed by atoms with E-state index in [4.69, 9.17) is 9.47 Å². The molecule has 0 aromatic heterocycles. The molecule has 0 rings (SSSR count). The summed E-state index contributed by atoms with van der Waals surface area (Å²) >= 11 is 0. The third-order valence-corrected chi connectivity index (χ3v) is 1.18. The summed E-state index contributed by atoms with van der Waals surface area (Å²) < 4.78 is 10.0. The standard InChI is InChI=1S/C9H16O3/c1-3-5-9(7-10)12-8-11-6-4-2/h5,7H,3-4,6,8H2,1-2H3/b9-5+. The van der Waals surface area contributed by atoms with Crippen LogP contribution < -0.4 is 0 Å². The van der Waals surface area contributed by atoms with E-state index < -0.39 is 0 Å². The molecule has 0 aliphatic carbocycles. The Morgan fingerprint density at radius 2 is 2.17 bits per heavy atom. The maximum Gasteiger partial charge on any atom is 0.189 e. The zero-order valence-corrected chi connectivity index (χ0v) is 7.71. The van der Waals surface area contributed by atoms with Gasteiger partial charge in [-0.1, -0.05) is 13.8 Å². The average molecular weight is 172 g/mol. The van der Waals surface area contributed by atoms with Crippen molar-refractivity contribution in [2.75, 3.05) is 13.4 Å². The lowest BCUT2D eigenvalue weighted by molar-refractivity contribution is -0.110. The van der Waals surface area contributed by atoms with Crippen LogP contribution in [0.5, 0.6) is 0 Å². The second-order valence-corrected chi connectivity index (χ2v) is 2.30. The molecule has 12 heavy (non-hydrogen) atoms. The third kappa shape index (κ3) is 5.92. The molecule has 0 aliphatic rings. The Bertz CT molecular complexity index is 141. The molecule has 0 heterocycles. The molecule has 0 atom stereocenters. The van der Waals surface area contributed by atoms with Crippen LogP contribution in [-0.2, 0) is 14.3 Å². The molecule has 3 heteroatoms. The largest absolute Gasteiger partial charge is 0.464 e. The van der Waals surface area contributed by atoms with Crippen molar-refractivity contribution in [1.82, 2.24) is 0 Å². The fourth-order valence-electron chi connectivity index (χ4n) is 0.655. The molecule has 0 bridgehead atoms. The lowest BCUT2D eigenvalue weighted by Crippen LogP contribution is -2.01. The summed E-state index contributed by atoms with van der Waals surface area (Å²) in [4.78, 5) is 10.3. The molecular formula is C9H16O3. The molecular weight excluding hydrogens is 156 g/mol. The van der Waals surface area contributed by atoms with Gasteiger partial charge in [0.05, 0.1) is 6.61 Å². The van der Waals surface area contributed by atoms with Gasteiger partial charge < -0.3 is 9.47 Å². The topological polar surface area (TPSA) is 35.5 Å². The summed E-state index contributed by atoms with van der Waals surface area (Å²) in [5.41, 5.74) is 0. The molecule has 0 saturated heterocycles. The van der Waals surface area contributed by atoms with Gasteiger partial charge >= 0.3 is 0 Å². The summed E-state index contributed by atoms with van der Waals surface area (Å²) in [6, 6.07) is 0. The predicted octanol–water partition coefficient (Wildman–Crippen LogP) is 1.88. The number of hydrogen-bond donors (Lipinski definition) is 0. The minimum absolute atomic E-state index is 0.165. The second kappa shape index (κ2) is 8.27. The Balaban J connectivity index is 3.45. The van der Waals surface area contributed by atoms with Gasteiger partial charge in [0.25, 0.3) is 0 Å². The maximum absolute atomic E-state index is 10.3. The minimum Gasteiger partial charge on any atom is -0.464 e. The molecule has 0 N–H and O–H groups in total. The first-order chi connectivity index (χ1) is 5.85. The van der Waals surface area contributed by atoms with Gasteiger partial charge in [0.15, 0.2) is 18.8 Å². The van der Waals surface area contributed by atoms with Crippen LogP contribution >= 0.6 is 0 Å². The zero-order valence-electron chi connectivity index (χ0n) is 7.71. The van der Waals surface area contributed by atoms with E-state index in [9.17, 15) is 4.79 Å². The Morgan fingerprint density at radius 3 is 2.67 bits per heavy atom. The van der Waals surface area contributed by atoms with Gasteiger partial charge in [-0.05, 0) is 18.9 Å².